The number of carbonyl (C=O) groups excluding carboxylic acids is 2. The van der Waals surface area contributed by atoms with Crippen molar-refractivity contribution in [3.8, 4) is 0 Å². The highest BCUT2D eigenvalue weighted by Gasteiger charge is 2.59. The molecule has 2 bridgehead atoms. The van der Waals surface area contributed by atoms with E-state index in [1.807, 2.05) is 0 Å². The Hall–Kier alpha value is -2.63. The van der Waals surface area contributed by atoms with Crippen molar-refractivity contribution in [1.29, 1.82) is 0 Å². The van der Waals surface area contributed by atoms with Crippen molar-refractivity contribution in [3.63, 3.8) is 0 Å². The molecule has 156 valence electrons. The lowest BCUT2D eigenvalue weighted by Gasteiger charge is -2.19. The maximum atomic E-state index is 12.8. The van der Waals surface area contributed by atoms with Crippen LogP contribution in [0.4, 0.5) is 0 Å². The first-order chi connectivity index (χ1) is 14.7. The van der Waals surface area contributed by atoms with Gasteiger partial charge < -0.3 is 10.6 Å². The van der Waals surface area contributed by atoms with Crippen LogP contribution in [0.3, 0.4) is 0 Å². The molecular weight excluding hydrogens is 376 g/mol. The molecule has 6 nitrogen and oxygen atoms in total. The molecule has 30 heavy (non-hydrogen) atoms. The van der Waals surface area contributed by atoms with Crippen LogP contribution in [0.15, 0.2) is 41.4 Å². The van der Waals surface area contributed by atoms with Gasteiger partial charge in [-0.3, -0.25) is 19.5 Å². The Morgan fingerprint density at radius 1 is 1.07 bits per heavy atom. The van der Waals surface area contributed by atoms with E-state index < -0.39 is 0 Å². The molecule has 2 amide bonds. The number of nitrogens with zero attached hydrogens (tertiary/aromatic N) is 2. The highest BCUT2D eigenvalue weighted by Crippen LogP contribution is 2.60. The van der Waals surface area contributed by atoms with E-state index in [1.54, 1.807) is 7.05 Å². The minimum absolute atomic E-state index is 0.0241. The van der Waals surface area contributed by atoms with Gasteiger partial charge in [-0.15, -0.1) is 0 Å². The standard InChI is InChI=1S/C24H28N4O2/c1-25-24(27-12-18-17-11-13-4-2-3-5-16(13)21(17)18)26-8-9-28-22(29)19-14-6-7-15(10-14)20(19)23(28)30/h2-7,14-15,17-21H,8-12H2,1H3,(H2,25,26,27). The molecule has 0 radical (unpaired) electrons. The zero-order chi connectivity index (χ0) is 20.4. The van der Waals surface area contributed by atoms with Crippen LogP contribution in [0.5, 0.6) is 0 Å². The first-order valence-corrected chi connectivity index (χ1v) is 11.2. The summed E-state index contributed by atoms with van der Waals surface area (Å²) in [7, 11) is 1.76. The van der Waals surface area contributed by atoms with Crippen molar-refractivity contribution in [1.82, 2.24) is 15.5 Å². The highest BCUT2D eigenvalue weighted by atomic mass is 16.2. The second kappa shape index (κ2) is 6.69. The van der Waals surface area contributed by atoms with Gasteiger partial charge in [0.25, 0.3) is 0 Å². The fourth-order valence-electron chi connectivity index (χ4n) is 6.67. The van der Waals surface area contributed by atoms with Crippen molar-refractivity contribution < 1.29 is 9.59 Å². The van der Waals surface area contributed by atoms with E-state index in [1.165, 1.54) is 22.4 Å². The van der Waals surface area contributed by atoms with E-state index in [9.17, 15) is 9.59 Å². The van der Waals surface area contributed by atoms with Crippen molar-refractivity contribution in [2.24, 2.45) is 40.5 Å². The lowest BCUT2D eigenvalue weighted by Crippen LogP contribution is -2.44. The molecule has 0 spiro atoms. The lowest BCUT2D eigenvalue weighted by atomic mass is 9.85. The number of guanidine groups is 1. The van der Waals surface area contributed by atoms with Gasteiger partial charge in [-0.25, -0.2) is 0 Å². The van der Waals surface area contributed by atoms with Crippen LogP contribution in [-0.2, 0) is 16.0 Å². The average Bonchev–Trinajstić information content (AvgIpc) is 3.19. The summed E-state index contributed by atoms with van der Waals surface area (Å²) in [4.78, 5) is 31.3. The topological polar surface area (TPSA) is 73.8 Å². The maximum absolute atomic E-state index is 12.8. The van der Waals surface area contributed by atoms with E-state index in [0.717, 1.165) is 24.8 Å². The van der Waals surface area contributed by atoms with Gasteiger partial charge in [0.1, 0.15) is 0 Å². The fourth-order valence-corrected chi connectivity index (χ4v) is 6.67. The van der Waals surface area contributed by atoms with Crippen LogP contribution < -0.4 is 10.6 Å². The minimum atomic E-state index is -0.109. The van der Waals surface area contributed by atoms with Gasteiger partial charge in [-0.05, 0) is 53.6 Å². The number of imide groups is 1. The van der Waals surface area contributed by atoms with Crippen LogP contribution in [0, 0.1) is 35.5 Å². The Labute approximate surface area is 176 Å². The van der Waals surface area contributed by atoms with E-state index in [4.69, 9.17) is 0 Å². The van der Waals surface area contributed by atoms with Crippen molar-refractivity contribution >= 4 is 17.8 Å². The predicted molar refractivity (Wildman–Crippen MR) is 114 cm³/mol. The first kappa shape index (κ1) is 18.2. The van der Waals surface area contributed by atoms with Crippen molar-refractivity contribution in [2.45, 2.75) is 18.8 Å². The SMILES string of the molecule is CN=C(NCCN1C(=O)C2C3C=CC(C3)C2C1=O)NCC1C2Cc3ccccc3C12. The van der Waals surface area contributed by atoms with Gasteiger partial charge in [-0.1, -0.05) is 36.4 Å². The van der Waals surface area contributed by atoms with E-state index >= 15 is 0 Å². The minimum Gasteiger partial charge on any atom is -0.356 e. The van der Waals surface area contributed by atoms with Gasteiger partial charge in [0.2, 0.25) is 11.8 Å². The molecule has 6 heteroatoms. The normalized spacial score (nSPS) is 37.4. The second-order valence-electron chi connectivity index (χ2n) is 9.46. The zero-order valence-corrected chi connectivity index (χ0v) is 17.3. The summed E-state index contributed by atoms with van der Waals surface area (Å²) in [5, 5.41) is 6.73. The molecule has 5 aliphatic rings. The summed E-state index contributed by atoms with van der Waals surface area (Å²) in [6, 6.07) is 8.80. The zero-order valence-electron chi connectivity index (χ0n) is 17.3. The molecule has 7 unspecified atom stereocenters. The van der Waals surface area contributed by atoms with Crippen LogP contribution in [0.25, 0.3) is 0 Å². The molecule has 0 aromatic heterocycles. The largest absolute Gasteiger partial charge is 0.356 e. The van der Waals surface area contributed by atoms with Crippen LogP contribution >= 0.6 is 0 Å². The first-order valence-electron chi connectivity index (χ1n) is 11.2. The number of likely N-dealkylation sites (tertiary alicyclic amines) is 1. The number of hydrogen-bond donors (Lipinski definition) is 2. The molecule has 7 atom stereocenters. The van der Waals surface area contributed by atoms with Crippen molar-refractivity contribution in [3.05, 3.63) is 47.5 Å². The average molecular weight is 405 g/mol. The molecule has 1 heterocycles. The number of benzene rings is 1. The fraction of sp³-hybridized carbons (Fsp3) is 0.542. The van der Waals surface area contributed by atoms with Gasteiger partial charge in [-0.2, -0.15) is 0 Å². The summed E-state index contributed by atoms with van der Waals surface area (Å²) in [5.74, 6) is 3.23. The van der Waals surface area contributed by atoms with E-state index in [-0.39, 0.29) is 35.5 Å². The van der Waals surface area contributed by atoms with Crippen molar-refractivity contribution in [2.75, 3.05) is 26.7 Å². The molecule has 1 aromatic rings. The third-order valence-electron chi connectivity index (χ3n) is 8.12. The summed E-state index contributed by atoms with van der Waals surface area (Å²) in [5.41, 5.74) is 3.04. The Balaban J connectivity index is 0.992. The Kier molecular flexibility index (Phi) is 4.05. The molecule has 1 aliphatic heterocycles. The molecule has 1 aromatic carbocycles. The summed E-state index contributed by atoms with van der Waals surface area (Å²) in [6.07, 6.45) is 6.44. The summed E-state index contributed by atoms with van der Waals surface area (Å²) < 4.78 is 0. The Morgan fingerprint density at radius 2 is 1.80 bits per heavy atom. The molecule has 6 rings (SSSR count). The monoisotopic (exact) mass is 404 g/mol. The smallest absolute Gasteiger partial charge is 0.233 e. The number of carbonyl (C=O) groups is 2. The molecule has 2 saturated carbocycles. The van der Waals surface area contributed by atoms with Crippen LogP contribution in [0.2, 0.25) is 0 Å². The van der Waals surface area contributed by atoms with Gasteiger partial charge in [0, 0.05) is 26.7 Å². The number of rotatable bonds is 5. The maximum Gasteiger partial charge on any atom is 0.233 e. The molecular formula is C24H28N4O2. The van der Waals surface area contributed by atoms with Crippen LogP contribution in [0.1, 0.15) is 23.5 Å². The quantitative estimate of drug-likeness (QED) is 0.338. The number of amides is 2. The van der Waals surface area contributed by atoms with Gasteiger partial charge in [0.05, 0.1) is 11.8 Å². The van der Waals surface area contributed by atoms with E-state index in [0.29, 0.717) is 24.9 Å². The van der Waals surface area contributed by atoms with Crippen LogP contribution in [-0.4, -0.2) is 49.4 Å². The van der Waals surface area contributed by atoms with E-state index in [2.05, 4.69) is 52.0 Å². The molecule has 3 fully saturated rings. The Morgan fingerprint density at radius 3 is 2.53 bits per heavy atom. The number of nitrogens with one attached hydrogen (secondary N) is 2. The molecule has 2 N–H and O–H groups in total. The molecule has 1 saturated heterocycles. The van der Waals surface area contributed by atoms with Gasteiger partial charge >= 0.3 is 0 Å². The van der Waals surface area contributed by atoms with Gasteiger partial charge in [0.15, 0.2) is 5.96 Å². The second-order valence-corrected chi connectivity index (χ2v) is 9.46. The number of allylic oxidation sites excluding steroid dienone is 2. The third-order valence-corrected chi connectivity index (χ3v) is 8.12. The Bertz CT molecular complexity index is 940. The number of hydrogen-bond acceptors (Lipinski definition) is 3. The summed E-state index contributed by atoms with van der Waals surface area (Å²) in [6.45, 7) is 1.84. The lowest BCUT2D eigenvalue weighted by molar-refractivity contribution is -0.140. The molecule has 4 aliphatic carbocycles. The number of fused-ring (bicyclic) bond motifs is 8. The highest BCUT2D eigenvalue weighted by molar-refractivity contribution is 6.06. The number of aliphatic imine (C=N–C) groups is 1. The summed E-state index contributed by atoms with van der Waals surface area (Å²) >= 11 is 0. The predicted octanol–water partition coefficient (Wildman–Crippen LogP) is 1.54. The third kappa shape index (κ3) is 2.58.